The number of rotatable bonds is 4. The normalized spacial score (nSPS) is 13.2. The lowest BCUT2D eigenvalue weighted by molar-refractivity contribution is 0.607. The summed E-state index contributed by atoms with van der Waals surface area (Å²) in [6.07, 6.45) is 4.53. The van der Waals surface area contributed by atoms with E-state index in [4.69, 9.17) is 0 Å². The smallest absolute Gasteiger partial charge is 0.229 e. The van der Waals surface area contributed by atoms with E-state index in [1.54, 1.807) is 18.6 Å². The number of aromatic nitrogens is 2. The van der Waals surface area contributed by atoms with E-state index in [0.717, 1.165) is 17.5 Å². The summed E-state index contributed by atoms with van der Waals surface area (Å²) in [6.45, 7) is 2.03. The van der Waals surface area contributed by atoms with Crippen molar-refractivity contribution in [3.05, 3.63) is 48.0 Å². The minimum absolute atomic E-state index is 0.133. The summed E-state index contributed by atoms with van der Waals surface area (Å²) < 4.78 is 24.8. The van der Waals surface area contributed by atoms with Crippen LogP contribution in [0.4, 0.5) is 5.69 Å². The number of hydrogen-bond donors (Lipinski definition) is 2. The van der Waals surface area contributed by atoms with Gasteiger partial charge in [-0.25, -0.2) is 13.4 Å². The Kier molecular flexibility index (Phi) is 3.38. The van der Waals surface area contributed by atoms with Crippen molar-refractivity contribution in [3.63, 3.8) is 0 Å². The van der Waals surface area contributed by atoms with Gasteiger partial charge in [-0.05, 0) is 17.7 Å². The van der Waals surface area contributed by atoms with Crippen molar-refractivity contribution in [2.75, 3.05) is 11.0 Å². The van der Waals surface area contributed by atoms with E-state index in [1.165, 1.54) is 0 Å². The average Bonchev–Trinajstić information content (AvgIpc) is 2.79. The zero-order valence-electron chi connectivity index (χ0n) is 10.2. The first kappa shape index (κ1) is 12.6. The molecule has 1 aromatic carbocycles. The molecule has 96 valence electrons. The molecular formula is C12H15N3O2S. The lowest BCUT2D eigenvalue weighted by Gasteiger charge is -2.12. The topological polar surface area (TPSA) is 74.8 Å². The molecule has 1 heterocycles. The molecule has 1 unspecified atom stereocenters. The van der Waals surface area contributed by atoms with Gasteiger partial charge in [0.25, 0.3) is 0 Å². The maximum Gasteiger partial charge on any atom is 0.229 e. The molecule has 1 atom stereocenters. The second kappa shape index (κ2) is 4.81. The molecule has 0 aliphatic carbocycles. The minimum Gasteiger partial charge on any atom is -0.348 e. The van der Waals surface area contributed by atoms with Gasteiger partial charge in [0.2, 0.25) is 10.0 Å². The number of aromatic amines is 1. The molecule has 0 amide bonds. The molecule has 2 N–H and O–H groups in total. The SMILES string of the molecule is CC(c1cccc(NS(C)(=O)=O)c1)c1cnc[nH]1. The van der Waals surface area contributed by atoms with Gasteiger partial charge in [-0.3, -0.25) is 4.72 Å². The summed E-state index contributed by atoms with van der Waals surface area (Å²) in [5, 5.41) is 0. The third kappa shape index (κ3) is 3.10. The van der Waals surface area contributed by atoms with Crippen LogP contribution in [0.15, 0.2) is 36.8 Å². The van der Waals surface area contributed by atoms with Crippen molar-refractivity contribution in [2.45, 2.75) is 12.8 Å². The lowest BCUT2D eigenvalue weighted by atomic mass is 9.98. The van der Waals surface area contributed by atoms with Crippen LogP contribution in [-0.4, -0.2) is 24.6 Å². The van der Waals surface area contributed by atoms with Crippen molar-refractivity contribution >= 4 is 15.7 Å². The van der Waals surface area contributed by atoms with Crippen molar-refractivity contribution in [2.24, 2.45) is 0 Å². The highest BCUT2D eigenvalue weighted by molar-refractivity contribution is 7.92. The highest BCUT2D eigenvalue weighted by atomic mass is 32.2. The number of sulfonamides is 1. The number of benzene rings is 1. The van der Waals surface area contributed by atoms with Gasteiger partial charge in [-0.1, -0.05) is 19.1 Å². The molecule has 18 heavy (non-hydrogen) atoms. The van der Waals surface area contributed by atoms with Crippen LogP contribution in [0.5, 0.6) is 0 Å². The Hall–Kier alpha value is -1.82. The summed E-state index contributed by atoms with van der Waals surface area (Å²) in [6, 6.07) is 7.34. The summed E-state index contributed by atoms with van der Waals surface area (Å²) >= 11 is 0. The Balaban J connectivity index is 2.27. The summed E-state index contributed by atoms with van der Waals surface area (Å²) in [7, 11) is -3.24. The third-order valence-electron chi connectivity index (χ3n) is 2.68. The van der Waals surface area contributed by atoms with E-state index in [2.05, 4.69) is 14.7 Å². The first-order valence-corrected chi connectivity index (χ1v) is 7.41. The number of anilines is 1. The number of hydrogen-bond acceptors (Lipinski definition) is 3. The molecule has 0 radical (unpaired) electrons. The van der Waals surface area contributed by atoms with Gasteiger partial charge < -0.3 is 4.98 Å². The second-order valence-corrected chi connectivity index (χ2v) is 5.98. The maximum absolute atomic E-state index is 11.2. The number of imidazole rings is 1. The fraction of sp³-hybridized carbons (Fsp3) is 0.250. The Morgan fingerprint density at radius 1 is 1.39 bits per heavy atom. The summed E-state index contributed by atoms with van der Waals surface area (Å²) in [4.78, 5) is 7.04. The van der Waals surface area contributed by atoms with Gasteiger partial charge in [0, 0.05) is 23.5 Å². The van der Waals surface area contributed by atoms with Crippen LogP contribution in [0.3, 0.4) is 0 Å². The lowest BCUT2D eigenvalue weighted by Crippen LogP contribution is -2.10. The number of nitrogens with zero attached hydrogens (tertiary/aromatic N) is 1. The van der Waals surface area contributed by atoms with E-state index < -0.39 is 10.0 Å². The first-order chi connectivity index (χ1) is 8.46. The molecule has 0 saturated carbocycles. The van der Waals surface area contributed by atoms with Crippen molar-refractivity contribution in [3.8, 4) is 0 Å². The van der Waals surface area contributed by atoms with Gasteiger partial charge in [-0.2, -0.15) is 0 Å². The molecule has 0 bridgehead atoms. The predicted molar refractivity (Wildman–Crippen MR) is 71.0 cm³/mol. The Labute approximate surface area is 106 Å². The van der Waals surface area contributed by atoms with E-state index in [1.807, 2.05) is 25.1 Å². The average molecular weight is 265 g/mol. The fourth-order valence-electron chi connectivity index (χ4n) is 1.77. The molecule has 0 saturated heterocycles. The maximum atomic E-state index is 11.2. The van der Waals surface area contributed by atoms with E-state index >= 15 is 0 Å². The summed E-state index contributed by atoms with van der Waals surface area (Å²) in [5.74, 6) is 0.133. The quantitative estimate of drug-likeness (QED) is 0.887. The van der Waals surface area contributed by atoms with Crippen molar-refractivity contribution in [1.82, 2.24) is 9.97 Å². The Morgan fingerprint density at radius 2 is 2.17 bits per heavy atom. The van der Waals surface area contributed by atoms with Crippen LogP contribution in [0.2, 0.25) is 0 Å². The van der Waals surface area contributed by atoms with Gasteiger partial charge >= 0.3 is 0 Å². The van der Waals surface area contributed by atoms with Gasteiger partial charge in [0.05, 0.1) is 12.6 Å². The minimum atomic E-state index is -3.24. The monoisotopic (exact) mass is 265 g/mol. The molecule has 0 spiro atoms. The van der Waals surface area contributed by atoms with Crippen LogP contribution in [-0.2, 0) is 10.0 Å². The van der Waals surface area contributed by atoms with Gasteiger partial charge in [0.1, 0.15) is 0 Å². The standard InChI is InChI=1S/C12H15N3O2S/c1-9(12-7-13-8-14-12)10-4-3-5-11(6-10)15-18(2,16)17/h3-9,15H,1-2H3,(H,13,14). The fourth-order valence-corrected chi connectivity index (χ4v) is 2.32. The molecular weight excluding hydrogens is 250 g/mol. The molecule has 0 aliphatic rings. The molecule has 2 aromatic rings. The van der Waals surface area contributed by atoms with Crippen LogP contribution in [0, 0.1) is 0 Å². The largest absolute Gasteiger partial charge is 0.348 e. The highest BCUT2D eigenvalue weighted by Gasteiger charge is 2.11. The molecule has 5 nitrogen and oxygen atoms in total. The van der Waals surface area contributed by atoms with E-state index in [0.29, 0.717) is 5.69 Å². The molecule has 0 fully saturated rings. The Bertz CT molecular complexity index is 621. The van der Waals surface area contributed by atoms with Crippen LogP contribution >= 0.6 is 0 Å². The molecule has 1 aromatic heterocycles. The summed E-state index contributed by atoms with van der Waals surface area (Å²) in [5.41, 5.74) is 2.58. The van der Waals surface area contributed by atoms with E-state index in [9.17, 15) is 8.42 Å². The van der Waals surface area contributed by atoms with Crippen molar-refractivity contribution < 1.29 is 8.42 Å². The van der Waals surface area contributed by atoms with Gasteiger partial charge in [0.15, 0.2) is 0 Å². The Morgan fingerprint density at radius 3 is 2.78 bits per heavy atom. The van der Waals surface area contributed by atoms with Crippen LogP contribution in [0.25, 0.3) is 0 Å². The number of nitrogens with one attached hydrogen (secondary N) is 2. The van der Waals surface area contributed by atoms with Gasteiger partial charge in [-0.15, -0.1) is 0 Å². The molecule has 2 rings (SSSR count). The highest BCUT2D eigenvalue weighted by Crippen LogP contribution is 2.24. The molecule has 0 aliphatic heterocycles. The van der Waals surface area contributed by atoms with Crippen molar-refractivity contribution in [1.29, 1.82) is 0 Å². The zero-order chi connectivity index (χ0) is 13.2. The second-order valence-electron chi connectivity index (χ2n) is 4.23. The number of H-pyrrole nitrogens is 1. The predicted octanol–water partition coefficient (Wildman–Crippen LogP) is 1.93. The van der Waals surface area contributed by atoms with Crippen LogP contribution in [0.1, 0.15) is 24.1 Å². The first-order valence-electron chi connectivity index (χ1n) is 5.52. The molecule has 6 heteroatoms. The van der Waals surface area contributed by atoms with E-state index in [-0.39, 0.29) is 5.92 Å². The van der Waals surface area contributed by atoms with Crippen LogP contribution < -0.4 is 4.72 Å². The zero-order valence-corrected chi connectivity index (χ0v) is 11.0. The third-order valence-corrected chi connectivity index (χ3v) is 3.28.